The van der Waals surface area contributed by atoms with Gasteiger partial charge in [0.15, 0.2) is 5.96 Å². The van der Waals surface area contributed by atoms with Crippen LogP contribution in [0, 0.1) is 5.92 Å². The first kappa shape index (κ1) is 14.3. The van der Waals surface area contributed by atoms with Gasteiger partial charge in [0.2, 0.25) is 0 Å². The largest absolute Gasteiger partial charge is 0.355 e. The Hall–Kier alpha value is -1.07. The second kappa shape index (κ2) is 6.91. The van der Waals surface area contributed by atoms with E-state index >= 15 is 0 Å². The second-order valence-electron chi connectivity index (χ2n) is 5.25. The minimum atomic E-state index is 0.611. The summed E-state index contributed by atoms with van der Waals surface area (Å²) in [7, 11) is 6.14. The van der Waals surface area contributed by atoms with E-state index in [2.05, 4.69) is 52.1 Å². The first-order chi connectivity index (χ1) is 9.20. The molecule has 106 valence electrons. The van der Waals surface area contributed by atoms with Gasteiger partial charge < -0.3 is 15.5 Å². The summed E-state index contributed by atoms with van der Waals surface area (Å²) in [6, 6.07) is 4.82. The van der Waals surface area contributed by atoms with E-state index in [1.165, 1.54) is 17.7 Å². The van der Waals surface area contributed by atoms with Gasteiger partial charge in [-0.05, 0) is 44.3 Å². The topological polar surface area (TPSA) is 39.7 Å². The third-order valence-electron chi connectivity index (χ3n) is 3.54. The first-order valence-electron chi connectivity index (χ1n) is 6.84. The third-order valence-corrected chi connectivity index (χ3v) is 4.42. The molecular weight excluding hydrogens is 256 g/mol. The summed E-state index contributed by atoms with van der Waals surface area (Å²) in [5.74, 6) is 1.75. The molecule has 0 amide bonds. The zero-order valence-corrected chi connectivity index (χ0v) is 12.8. The number of hydrogen-bond acceptors (Lipinski definition) is 3. The highest BCUT2D eigenvalue weighted by atomic mass is 32.1. The van der Waals surface area contributed by atoms with Crippen molar-refractivity contribution in [3.05, 3.63) is 22.4 Å². The van der Waals surface area contributed by atoms with Crippen LogP contribution in [0.15, 0.2) is 22.5 Å². The molecule has 0 radical (unpaired) electrons. The molecule has 1 fully saturated rings. The minimum Gasteiger partial charge on any atom is -0.355 e. The number of hydrogen-bond donors (Lipinski definition) is 2. The maximum atomic E-state index is 4.28. The molecule has 5 heteroatoms. The summed E-state index contributed by atoms with van der Waals surface area (Å²) in [4.78, 5) is 7.92. The van der Waals surface area contributed by atoms with Crippen LogP contribution in [0.5, 0.6) is 0 Å². The summed E-state index contributed by atoms with van der Waals surface area (Å²) < 4.78 is 0. The Labute approximate surface area is 119 Å². The quantitative estimate of drug-likeness (QED) is 0.616. The van der Waals surface area contributed by atoms with Gasteiger partial charge in [0, 0.05) is 24.5 Å². The van der Waals surface area contributed by atoms with Crippen molar-refractivity contribution in [3.63, 3.8) is 0 Å². The lowest BCUT2D eigenvalue weighted by molar-refractivity contribution is 0.264. The van der Waals surface area contributed by atoms with Crippen LogP contribution in [-0.2, 0) is 6.54 Å². The molecule has 0 aliphatic heterocycles. The van der Waals surface area contributed by atoms with E-state index in [1.54, 1.807) is 11.3 Å². The molecule has 0 spiro atoms. The Morgan fingerprint density at radius 2 is 2.26 bits per heavy atom. The van der Waals surface area contributed by atoms with E-state index in [1.807, 2.05) is 7.05 Å². The van der Waals surface area contributed by atoms with Gasteiger partial charge in [-0.25, -0.2) is 0 Å². The van der Waals surface area contributed by atoms with Crippen LogP contribution < -0.4 is 10.6 Å². The SMILES string of the molecule is CN=C(NCc1cccs1)NCC(C1CC1)N(C)C. The van der Waals surface area contributed by atoms with Gasteiger partial charge in [0.05, 0.1) is 6.54 Å². The molecule has 1 heterocycles. The smallest absolute Gasteiger partial charge is 0.191 e. The molecule has 4 nitrogen and oxygen atoms in total. The molecule has 0 aromatic carbocycles. The van der Waals surface area contributed by atoms with Crippen LogP contribution in [0.1, 0.15) is 17.7 Å². The predicted molar refractivity (Wildman–Crippen MR) is 82.7 cm³/mol. The van der Waals surface area contributed by atoms with Crippen LogP contribution in [0.2, 0.25) is 0 Å². The number of likely N-dealkylation sites (N-methyl/N-ethyl adjacent to an activating group) is 1. The highest BCUT2D eigenvalue weighted by Gasteiger charge is 2.32. The van der Waals surface area contributed by atoms with Gasteiger partial charge in [0.1, 0.15) is 0 Å². The van der Waals surface area contributed by atoms with Gasteiger partial charge in [-0.15, -0.1) is 11.3 Å². The van der Waals surface area contributed by atoms with Crippen molar-refractivity contribution in [2.45, 2.75) is 25.4 Å². The molecule has 0 bridgehead atoms. The molecular formula is C14H24N4S. The summed E-state index contributed by atoms with van der Waals surface area (Å²) in [5.41, 5.74) is 0. The summed E-state index contributed by atoms with van der Waals surface area (Å²) >= 11 is 1.77. The number of nitrogens with one attached hydrogen (secondary N) is 2. The number of rotatable bonds is 6. The van der Waals surface area contributed by atoms with Crippen molar-refractivity contribution in [2.75, 3.05) is 27.7 Å². The molecule has 1 aromatic rings. The molecule has 0 saturated heterocycles. The lowest BCUT2D eigenvalue weighted by Crippen LogP contribution is -2.45. The average Bonchev–Trinajstić information content (AvgIpc) is 3.08. The van der Waals surface area contributed by atoms with Gasteiger partial charge >= 0.3 is 0 Å². The Balaban J connectivity index is 1.75. The minimum absolute atomic E-state index is 0.611. The van der Waals surface area contributed by atoms with Gasteiger partial charge in [0.25, 0.3) is 0 Å². The molecule has 2 N–H and O–H groups in total. The van der Waals surface area contributed by atoms with E-state index in [-0.39, 0.29) is 0 Å². The second-order valence-corrected chi connectivity index (χ2v) is 6.29. The zero-order valence-electron chi connectivity index (χ0n) is 12.0. The standard InChI is InChI=1S/C14H24N4S/c1-15-14(16-9-12-5-4-8-19-12)17-10-13(18(2)3)11-6-7-11/h4-5,8,11,13H,6-7,9-10H2,1-3H3,(H2,15,16,17). The number of guanidine groups is 1. The van der Waals surface area contributed by atoms with E-state index < -0.39 is 0 Å². The van der Waals surface area contributed by atoms with Gasteiger partial charge in [-0.3, -0.25) is 4.99 Å². The average molecular weight is 280 g/mol. The van der Waals surface area contributed by atoms with Gasteiger partial charge in [-0.2, -0.15) is 0 Å². The normalized spacial score (nSPS) is 17.6. The van der Waals surface area contributed by atoms with Crippen molar-refractivity contribution >= 4 is 17.3 Å². The Morgan fingerprint density at radius 1 is 1.47 bits per heavy atom. The first-order valence-corrected chi connectivity index (χ1v) is 7.72. The van der Waals surface area contributed by atoms with Crippen LogP contribution in [0.25, 0.3) is 0 Å². The summed E-state index contributed by atoms with van der Waals surface area (Å²) in [6.45, 7) is 1.80. The van der Waals surface area contributed by atoms with Crippen molar-refractivity contribution in [1.82, 2.24) is 15.5 Å². The highest BCUT2D eigenvalue weighted by molar-refractivity contribution is 7.09. The molecule has 1 atom stereocenters. The molecule has 1 saturated carbocycles. The van der Waals surface area contributed by atoms with Crippen LogP contribution in [0.4, 0.5) is 0 Å². The van der Waals surface area contributed by atoms with Crippen molar-refractivity contribution < 1.29 is 0 Å². The maximum Gasteiger partial charge on any atom is 0.191 e. The lowest BCUT2D eigenvalue weighted by atomic mass is 10.1. The number of thiophene rings is 1. The fourth-order valence-electron chi connectivity index (χ4n) is 2.26. The van der Waals surface area contributed by atoms with Crippen molar-refractivity contribution in [3.8, 4) is 0 Å². The number of nitrogens with zero attached hydrogens (tertiary/aromatic N) is 2. The Morgan fingerprint density at radius 3 is 2.79 bits per heavy atom. The molecule has 1 aliphatic rings. The van der Waals surface area contributed by atoms with E-state index in [4.69, 9.17) is 0 Å². The molecule has 1 aromatic heterocycles. The fraction of sp³-hybridized carbons (Fsp3) is 0.643. The monoisotopic (exact) mass is 280 g/mol. The van der Waals surface area contributed by atoms with Crippen molar-refractivity contribution in [1.29, 1.82) is 0 Å². The van der Waals surface area contributed by atoms with Crippen LogP contribution in [-0.4, -0.2) is 44.6 Å². The zero-order chi connectivity index (χ0) is 13.7. The third kappa shape index (κ3) is 4.51. The highest BCUT2D eigenvalue weighted by Crippen LogP contribution is 2.34. The van der Waals surface area contributed by atoms with E-state index in [0.29, 0.717) is 6.04 Å². The predicted octanol–water partition coefficient (Wildman–Crippen LogP) is 1.75. The molecule has 19 heavy (non-hydrogen) atoms. The fourth-order valence-corrected chi connectivity index (χ4v) is 2.90. The van der Waals surface area contributed by atoms with Crippen LogP contribution >= 0.6 is 11.3 Å². The van der Waals surface area contributed by atoms with Gasteiger partial charge in [-0.1, -0.05) is 6.07 Å². The maximum absolute atomic E-state index is 4.28. The molecule has 1 unspecified atom stereocenters. The Kier molecular flexibility index (Phi) is 5.22. The van der Waals surface area contributed by atoms with E-state index in [0.717, 1.165) is 25.0 Å². The molecule has 1 aliphatic carbocycles. The molecule has 2 rings (SSSR count). The number of aliphatic imine (C=N–C) groups is 1. The summed E-state index contributed by atoms with van der Waals surface area (Å²) in [5, 5.41) is 8.89. The Bertz CT molecular complexity index is 394. The van der Waals surface area contributed by atoms with Crippen LogP contribution in [0.3, 0.4) is 0 Å². The lowest BCUT2D eigenvalue weighted by Gasteiger charge is -2.25. The summed E-state index contributed by atoms with van der Waals surface area (Å²) in [6.07, 6.45) is 2.73. The van der Waals surface area contributed by atoms with E-state index in [9.17, 15) is 0 Å². The van der Waals surface area contributed by atoms with Crippen molar-refractivity contribution in [2.24, 2.45) is 10.9 Å².